The van der Waals surface area contributed by atoms with E-state index in [0.717, 1.165) is 11.1 Å². The molecule has 0 radical (unpaired) electrons. The van der Waals surface area contributed by atoms with E-state index in [1.165, 1.54) is 6.92 Å². The molecule has 1 heterocycles. The third-order valence-electron chi connectivity index (χ3n) is 5.21. The van der Waals surface area contributed by atoms with Gasteiger partial charge < -0.3 is 10.1 Å². The summed E-state index contributed by atoms with van der Waals surface area (Å²) >= 11 is 0. The summed E-state index contributed by atoms with van der Waals surface area (Å²) in [6, 6.07) is 3.49. The fourth-order valence-corrected chi connectivity index (χ4v) is 6.03. The van der Waals surface area contributed by atoms with Gasteiger partial charge in [-0.1, -0.05) is 24.6 Å². The van der Waals surface area contributed by atoms with Gasteiger partial charge in [0, 0.05) is 30.4 Å². The Labute approximate surface area is 161 Å². The Balaban J connectivity index is 2.27. The van der Waals surface area contributed by atoms with E-state index in [1.54, 1.807) is 6.07 Å². The number of hydrogen-bond acceptors (Lipinski definition) is 5. The van der Waals surface area contributed by atoms with Gasteiger partial charge in [0.1, 0.15) is 22.2 Å². The standard InChI is InChI=1S/C21H27NO4S/c1-13-6-7-17-20(21(4,11-13)12-22-5)26-19-16(10-15(3)23)8-14(2)9-18(19)27(17,24)25/h6,8-9,22H,7,10-12H2,1-5H3. The number of fused-ring (bicyclic) bond motifs is 1. The van der Waals surface area contributed by atoms with Crippen LogP contribution >= 0.6 is 0 Å². The van der Waals surface area contributed by atoms with Crippen LogP contribution in [0.15, 0.2) is 39.3 Å². The number of Topliss-reactive ketones (excluding diaryl/α,β-unsaturated/α-hetero) is 1. The quantitative estimate of drug-likeness (QED) is 0.799. The molecule has 0 amide bonds. The van der Waals surface area contributed by atoms with Crippen LogP contribution in [0.25, 0.3) is 0 Å². The molecular formula is C21H27NO4S. The number of hydrogen-bond donors (Lipinski definition) is 1. The number of carbonyl (C=O) groups is 1. The SMILES string of the molecule is CNCC1(C)CC(C)=CCC2=C1Oc1c(CC(C)=O)cc(C)cc1S2(=O)=O. The van der Waals surface area contributed by atoms with Crippen molar-refractivity contribution in [3.05, 3.63) is 45.6 Å². The van der Waals surface area contributed by atoms with Gasteiger partial charge in [-0.25, -0.2) is 8.42 Å². The van der Waals surface area contributed by atoms with Crippen molar-refractivity contribution in [2.45, 2.75) is 51.9 Å². The molecule has 1 aromatic rings. The van der Waals surface area contributed by atoms with Crippen molar-refractivity contribution in [2.24, 2.45) is 5.41 Å². The van der Waals surface area contributed by atoms with Crippen molar-refractivity contribution in [3.63, 3.8) is 0 Å². The number of benzene rings is 1. The molecule has 0 spiro atoms. The first-order valence-corrected chi connectivity index (χ1v) is 10.7. The number of nitrogens with one attached hydrogen (secondary N) is 1. The first kappa shape index (κ1) is 19.8. The third kappa shape index (κ3) is 3.48. The van der Waals surface area contributed by atoms with E-state index in [0.29, 0.717) is 41.4 Å². The second-order valence-corrected chi connectivity index (χ2v) is 9.95. The summed E-state index contributed by atoms with van der Waals surface area (Å²) in [7, 11) is -1.84. The van der Waals surface area contributed by atoms with Crippen LogP contribution < -0.4 is 10.1 Å². The van der Waals surface area contributed by atoms with Crippen molar-refractivity contribution in [1.29, 1.82) is 0 Å². The van der Waals surface area contributed by atoms with Gasteiger partial charge in [0.2, 0.25) is 9.84 Å². The van der Waals surface area contributed by atoms with Crippen LogP contribution in [0.5, 0.6) is 5.75 Å². The summed E-state index contributed by atoms with van der Waals surface area (Å²) in [4.78, 5) is 12.3. The Morgan fingerprint density at radius 3 is 2.63 bits per heavy atom. The van der Waals surface area contributed by atoms with Crippen LogP contribution in [0.2, 0.25) is 0 Å². The van der Waals surface area contributed by atoms with Crippen molar-refractivity contribution in [1.82, 2.24) is 5.32 Å². The molecular weight excluding hydrogens is 362 g/mol. The van der Waals surface area contributed by atoms with Gasteiger partial charge >= 0.3 is 0 Å². The van der Waals surface area contributed by atoms with Gasteiger partial charge in [-0.3, -0.25) is 4.79 Å². The molecule has 1 atom stereocenters. The van der Waals surface area contributed by atoms with Crippen LogP contribution in [0.1, 0.15) is 44.7 Å². The number of allylic oxidation sites excluding steroid dienone is 3. The molecule has 1 N–H and O–H groups in total. The van der Waals surface area contributed by atoms with Gasteiger partial charge in [0.05, 0.1) is 4.91 Å². The highest BCUT2D eigenvalue weighted by Gasteiger charge is 2.44. The number of aryl methyl sites for hydroxylation is 1. The minimum Gasteiger partial charge on any atom is -0.458 e. The lowest BCUT2D eigenvalue weighted by Gasteiger charge is -2.36. The monoisotopic (exact) mass is 389 g/mol. The maximum absolute atomic E-state index is 13.5. The summed E-state index contributed by atoms with van der Waals surface area (Å²) in [5.74, 6) is 0.794. The van der Waals surface area contributed by atoms with E-state index in [1.807, 2.05) is 40.0 Å². The van der Waals surface area contributed by atoms with E-state index in [9.17, 15) is 13.2 Å². The molecule has 0 aromatic heterocycles. The van der Waals surface area contributed by atoms with Crippen molar-refractivity contribution in [3.8, 4) is 5.75 Å². The van der Waals surface area contributed by atoms with Gasteiger partial charge in [-0.15, -0.1) is 0 Å². The number of sulfone groups is 1. The molecule has 0 bridgehead atoms. The molecule has 27 heavy (non-hydrogen) atoms. The minimum atomic E-state index is -3.69. The third-order valence-corrected chi connectivity index (χ3v) is 7.09. The van der Waals surface area contributed by atoms with E-state index < -0.39 is 15.3 Å². The van der Waals surface area contributed by atoms with Gasteiger partial charge in [-0.05, 0) is 45.9 Å². The topological polar surface area (TPSA) is 72.5 Å². The zero-order chi connectivity index (χ0) is 20.0. The molecule has 1 aliphatic heterocycles. The largest absolute Gasteiger partial charge is 0.458 e. The van der Waals surface area contributed by atoms with Gasteiger partial charge in [0.25, 0.3) is 0 Å². The fourth-order valence-electron chi connectivity index (χ4n) is 4.17. The normalized spacial score (nSPS) is 23.7. The summed E-state index contributed by atoms with van der Waals surface area (Å²) in [6.07, 6.45) is 3.18. The Morgan fingerprint density at radius 1 is 1.30 bits per heavy atom. The van der Waals surface area contributed by atoms with E-state index >= 15 is 0 Å². The molecule has 1 aliphatic carbocycles. The predicted molar refractivity (Wildman–Crippen MR) is 105 cm³/mol. The first-order valence-electron chi connectivity index (χ1n) is 9.18. The molecule has 5 nitrogen and oxygen atoms in total. The highest BCUT2D eigenvalue weighted by Crippen LogP contribution is 2.49. The van der Waals surface area contributed by atoms with Gasteiger partial charge in [0.15, 0.2) is 0 Å². The highest BCUT2D eigenvalue weighted by atomic mass is 32.2. The first-order chi connectivity index (χ1) is 12.6. The lowest BCUT2D eigenvalue weighted by Crippen LogP contribution is -2.36. The van der Waals surface area contributed by atoms with Crippen molar-refractivity contribution < 1.29 is 17.9 Å². The molecule has 146 valence electrons. The Bertz CT molecular complexity index is 972. The van der Waals surface area contributed by atoms with Crippen LogP contribution in [0.3, 0.4) is 0 Å². The molecule has 1 unspecified atom stereocenters. The van der Waals surface area contributed by atoms with E-state index in [-0.39, 0.29) is 17.1 Å². The smallest absolute Gasteiger partial charge is 0.210 e. The molecule has 6 heteroatoms. The maximum Gasteiger partial charge on any atom is 0.210 e. The summed E-state index contributed by atoms with van der Waals surface area (Å²) < 4.78 is 33.3. The minimum absolute atomic E-state index is 0.0278. The summed E-state index contributed by atoms with van der Waals surface area (Å²) in [5, 5.41) is 3.18. The van der Waals surface area contributed by atoms with Crippen molar-refractivity contribution in [2.75, 3.05) is 13.6 Å². The number of rotatable bonds is 4. The van der Waals surface area contributed by atoms with Crippen LogP contribution in [-0.2, 0) is 21.1 Å². The molecule has 2 aliphatic rings. The second-order valence-electron chi connectivity index (χ2n) is 8.01. The molecule has 0 saturated heterocycles. The van der Waals surface area contributed by atoms with E-state index in [4.69, 9.17) is 4.74 Å². The molecule has 0 fully saturated rings. The lowest BCUT2D eigenvalue weighted by molar-refractivity contribution is -0.116. The average Bonchev–Trinajstić information content (AvgIpc) is 2.65. The van der Waals surface area contributed by atoms with Gasteiger partial charge in [-0.2, -0.15) is 0 Å². The Morgan fingerprint density at radius 2 is 2.00 bits per heavy atom. The zero-order valence-electron chi connectivity index (χ0n) is 16.6. The van der Waals surface area contributed by atoms with Crippen LogP contribution in [0.4, 0.5) is 0 Å². The molecule has 3 rings (SSSR count). The van der Waals surface area contributed by atoms with E-state index in [2.05, 4.69) is 5.32 Å². The fraction of sp³-hybridized carbons (Fsp3) is 0.476. The predicted octanol–water partition coefficient (Wildman–Crippen LogP) is 3.47. The zero-order valence-corrected chi connectivity index (χ0v) is 17.4. The maximum atomic E-state index is 13.5. The summed E-state index contributed by atoms with van der Waals surface area (Å²) in [6.45, 7) is 7.99. The second kappa shape index (κ2) is 6.91. The lowest BCUT2D eigenvalue weighted by atomic mass is 9.82. The molecule has 1 aromatic carbocycles. The highest BCUT2D eigenvalue weighted by molar-refractivity contribution is 7.95. The van der Waals surface area contributed by atoms with Crippen molar-refractivity contribution >= 4 is 15.6 Å². The van der Waals surface area contributed by atoms with Crippen LogP contribution in [-0.4, -0.2) is 27.8 Å². The molecule has 0 saturated carbocycles. The number of ether oxygens (including phenoxy) is 1. The average molecular weight is 390 g/mol. The number of carbonyl (C=O) groups excluding carboxylic acids is 1. The Hall–Kier alpha value is -1.92. The van der Waals surface area contributed by atoms with Crippen LogP contribution in [0, 0.1) is 12.3 Å². The number of ketones is 1. The summed E-state index contributed by atoms with van der Waals surface area (Å²) in [5.41, 5.74) is 2.10. The Kier molecular flexibility index (Phi) is 5.08.